The van der Waals surface area contributed by atoms with Crippen LogP contribution in [0.4, 0.5) is 0 Å². The van der Waals surface area contributed by atoms with Crippen molar-refractivity contribution in [2.75, 3.05) is 0 Å². The van der Waals surface area contributed by atoms with Gasteiger partial charge in [-0.3, -0.25) is 0 Å². The molecule has 1 aromatic carbocycles. The average molecular weight is 382 g/mol. The van der Waals surface area contributed by atoms with E-state index >= 15 is 0 Å². The lowest BCUT2D eigenvalue weighted by molar-refractivity contribution is 0.893. The van der Waals surface area contributed by atoms with Gasteiger partial charge in [-0.05, 0) is 55.6 Å². The van der Waals surface area contributed by atoms with Gasteiger partial charge in [0.05, 0.1) is 14.9 Å². The largest absolute Gasteiger partial charge is 0.320 e. The van der Waals surface area contributed by atoms with Gasteiger partial charge >= 0.3 is 0 Å². The standard InChI is InChI=1S/C11H8Br2ClNS/c12-7-3-1-2-6(10(7)14)11(15)8-4-5-9(13)16-8/h1-5,11H,15H2. The van der Waals surface area contributed by atoms with Gasteiger partial charge in [-0.2, -0.15) is 0 Å². The number of hydrogen-bond acceptors (Lipinski definition) is 2. The van der Waals surface area contributed by atoms with Crippen molar-refractivity contribution < 1.29 is 0 Å². The molecule has 1 aromatic heterocycles. The van der Waals surface area contributed by atoms with Crippen molar-refractivity contribution in [1.82, 2.24) is 0 Å². The molecular formula is C11H8Br2ClNS. The fourth-order valence-corrected chi connectivity index (χ4v) is 3.48. The fraction of sp³-hybridized carbons (Fsp3) is 0.0909. The van der Waals surface area contributed by atoms with E-state index in [1.54, 1.807) is 11.3 Å². The van der Waals surface area contributed by atoms with Crippen LogP contribution in [0.1, 0.15) is 16.5 Å². The van der Waals surface area contributed by atoms with Crippen LogP contribution in [-0.2, 0) is 0 Å². The van der Waals surface area contributed by atoms with Crippen molar-refractivity contribution in [2.24, 2.45) is 5.73 Å². The minimum Gasteiger partial charge on any atom is -0.320 e. The summed E-state index contributed by atoms with van der Waals surface area (Å²) in [6.45, 7) is 0. The molecule has 2 N–H and O–H groups in total. The monoisotopic (exact) mass is 379 g/mol. The summed E-state index contributed by atoms with van der Waals surface area (Å²) in [5.41, 5.74) is 7.12. The van der Waals surface area contributed by atoms with Gasteiger partial charge in [-0.1, -0.05) is 23.7 Å². The summed E-state index contributed by atoms with van der Waals surface area (Å²) in [4.78, 5) is 1.09. The van der Waals surface area contributed by atoms with Gasteiger partial charge in [-0.25, -0.2) is 0 Å². The first-order valence-electron chi connectivity index (χ1n) is 4.54. The zero-order valence-corrected chi connectivity index (χ0v) is 12.8. The van der Waals surface area contributed by atoms with Crippen molar-refractivity contribution in [1.29, 1.82) is 0 Å². The minimum absolute atomic E-state index is 0.179. The molecule has 0 aliphatic carbocycles. The van der Waals surface area contributed by atoms with E-state index in [2.05, 4.69) is 31.9 Å². The topological polar surface area (TPSA) is 26.0 Å². The molecule has 16 heavy (non-hydrogen) atoms. The van der Waals surface area contributed by atoms with Crippen molar-refractivity contribution >= 4 is 54.8 Å². The second-order valence-electron chi connectivity index (χ2n) is 3.26. The van der Waals surface area contributed by atoms with E-state index in [0.717, 1.165) is 18.7 Å². The molecule has 0 radical (unpaired) electrons. The lowest BCUT2D eigenvalue weighted by Crippen LogP contribution is -2.10. The Kier molecular flexibility index (Phi) is 4.08. The minimum atomic E-state index is -0.179. The predicted molar refractivity (Wildman–Crippen MR) is 77.2 cm³/mol. The number of hydrogen-bond donors (Lipinski definition) is 1. The van der Waals surface area contributed by atoms with Crippen LogP contribution in [0.2, 0.25) is 5.02 Å². The Labute approximate surface area is 120 Å². The highest BCUT2D eigenvalue weighted by Crippen LogP contribution is 2.35. The Morgan fingerprint density at radius 3 is 2.56 bits per heavy atom. The predicted octanol–water partition coefficient (Wildman–Crippen LogP) is 4.97. The van der Waals surface area contributed by atoms with Gasteiger partial charge < -0.3 is 5.73 Å². The van der Waals surface area contributed by atoms with Gasteiger partial charge in [0, 0.05) is 9.35 Å². The molecule has 0 saturated carbocycles. The SMILES string of the molecule is NC(c1ccc(Br)s1)c1cccc(Br)c1Cl. The molecule has 2 aromatic rings. The fourth-order valence-electron chi connectivity index (χ4n) is 1.41. The maximum absolute atomic E-state index is 6.21. The van der Waals surface area contributed by atoms with E-state index < -0.39 is 0 Å². The highest BCUT2D eigenvalue weighted by atomic mass is 79.9. The van der Waals surface area contributed by atoms with E-state index in [9.17, 15) is 0 Å². The summed E-state index contributed by atoms with van der Waals surface area (Å²) in [6, 6.07) is 9.62. The molecule has 1 unspecified atom stereocenters. The lowest BCUT2D eigenvalue weighted by Gasteiger charge is -2.12. The van der Waals surface area contributed by atoms with Crippen LogP contribution in [0.25, 0.3) is 0 Å². The first-order chi connectivity index (χ1) is 7.59. The Morgan fingerprint density at radius 2 is 1.94 bits per heavy atom. The summed E-state index contributed by atoms with van der Waals surface area (Å²) in [5, 5.41) is 0.680. The second kappa shape index (κ2) is 5.19. The van der Waals surface area contributed by atoms with Crippen LogP contribution in [0, 0.1) is 0 Å². The molecule has 0 amide bonds. The van der Waals surface area contributed by atoms with Crippen LogP contribution in [0.3, 0.4) is 0 Å². The molecule has 1 heterocycles. The molecule has 0 saturated heterocycles. The van der Waals surface area contributed by atoms with Gasteiger partial charge in [0.25, 0.3) is 0 Å². The molecule has 0 aliphatic rings. The van der Waals surface area contributed by atoms with Crippen molar-refractivity contribution in [3.05, 3.63) is 54.1 Å². The molecule has 2 rings (SSSR count). The van der Waals surface area contributed by atoms with E-state index in [1.807, 2.05) is 30.3 Å². The normalized spacial score (nSPS) is 12.8. The first-order valence-corrected chi connectivity index (χ1v) is 7.32. The van der Waals surface area contributed by atoms with Gasteiger partial charge in [0.2, 0.25) is 0 Å². The number of thiophene rings is 1. The van der Waals surface area contributed by atoms with E-state index in [4.69, 9.17) is 17.3 Å². The highest BCUT2D eigenvalue weighted by molar-refractivity contribution is 9.11. The number of halogens is 3. The molecule has 0 aliphatic heterocycles. The zero-order chi connectivity index (χ0) is 11.7. The maximum atomic E-state index is 6.21. The van der Waals surface area contributed by atoms with Gasteiger partial charge in [0.1, 0.15) is 0 Å². The quantitative estimate of drug-likeness (QED) is 0.780. The zero-order valence-electron chi connectivity index (χ0n) is 8.08. The van der Waals surface area contributed by atoms with Crippen LogP contribution in [-0.4, -0.2) is 0 Å². The van der Waals surface area contributed by atoms with E-state index in [0.29, 0.717) is 5.02 Å². The first kappa shape index (κ1) is 12.6. The third-order valence-corrected chi connectivity index (χ3v) is 5.23. The number of nitrogens with two attached hydrogens (primary N) is 1. The molecule has 1 atom stereocenters. The highest BCUT2D eigenvalue weighted by Gasteiger charge is 2.15. The summed E-state index contributed by atoms with van der Waals surface area (Å²) >= 11 is 14.7. The van der Waals surface area contributed by atoms with Crippen molar-refractivity contribution in [2.45, 2.75) is 6.04 Å². The number of rotatable bonds is 2. The molecular weight excluding hydrogens is 373 g/mol. The van der Waals surface area contributed by atoms with E-state index in [1.165, 1.54) is 0 Å². The van der Waals surface area contributed by atoms with Crippen LogP contribution in [0.15, 0.2) is 38.6 Å². The van der Waals surface area contributed by atoms with Gasteiger partial charge in [0.15, 0.2) is 0 Å². The Balaban J connectivity index is 2.41. The molecule has 0 bridgehead atoms. The Hall–Kier alpha value is 0.130. The molecule has 0 spiro atoms. The van der Waals surface area contributed by atoms with Crippen LogP contribution in [0.5, 0.6) is 0 Å². The van der Waals surface area contributed by atoms with E-state index in [-0.39, 0.29) is 6.04 Å². The summed E-state index contributed by atoms with van der Waals surface area (Å²) in [7, 11) is 0. The molecule has 1 nitrogen and oxygen atoms in total. The Morgan fingerprint density at radius 1 is 1.19 bits per heavy atom. The van der Waals surface area contributed by atoms with Crippen molar-refractivity contribution in [3.8, 4) is 0 Å². The lowest BCUT2D eigenvalue weighted by atomic mass is 10.1. The maximum Gasteiger partial charge on any atom is 0.0702 e. The molecule has 0 fully saturated rings. The number of benzene rings is 1. The summed E-state index contributed by atoms with van der Waals surface area (Å²) in [5.74, 6) is 0. The molecule has 5 heteroatoms. The smallest absolute Gasteiger partial charge is 0.0702 e. The summed E-state index contributed by atoms with van der Waals surface area (Å²) < 4.78 is 1.95. The average Bonchev–Trinajstić information content (AvgIpc) is 2.68. The summed E-state index contributed by atoms with van der Waals surface area (Å²) in [6.07, 6.45) is 0. The van der Waals surface area contributed by atoms with Crippen LogP contribution < -0.4 is 5.73 Å². The van der Waals surface area contributed by atoms with Gasteiger partial charge in [-0.15, -0.1) is 11.3 Å². The third-order valence-electron chi connectivity index (χ3n) is 2.22. The van der Waals surface area contributed by atoms with Crippen molar-refractivity contribution in [3.63, 3.8) is 0 Å². The third kappa shape index (κ3) is 2.51. The Bertz CT molecular complexity index is 512. The van der Waals surface area contributed by atoms with Crippen LogP contribution >= 0.6 is 54.8 Å². The second-order valence-corrected chi connectivity index (χ2v) is 6.99. The molecule has 84 valence electrons.